The topological polar surface area (TPSA) is 66.5 Å². The Kier molecular flexibility index (Phi) is 6.25. The van der Waals surface area contributed by atoms with Gasteiger partial charge in [-0.15, -0.1) is 0 Å². The first-order valence-electron chi connectivity index (χ1n) is 8.96. The summed E-state index contributed by atoms with van der Waals surface area (Å²) >= 11 is 5.88. The average Bonchev–Trinajstić information content (AvgIpc) is 2.73. The second kappa shape index (κ2) is 8.68. The van der Waals surface area contributed by atoms with Gasteiger partial charge in [0.15, 0.2) is 0 Å². The van der Waals surface area contributed by atoms with Crippen LogP contribution in [-0.2, 0) is 16.6 Å². The van der Waals surface area contributed by atoms with Gasteiger partial charge in [-0.1, -0.05) is 53.6 Å². The first kappa shape index (κ1) is 20.9. The number of carbonyl (C=O) groups is 1. The number of hydrogen-bond donors (Lipinski definition) is 1. The number of nitrogens with one attached hydrogen (secondary N) is 1. The highest BCUT2D eigenvalue weighted by atomic mass is 35.5. The molecule has 3 aromatic carbocycles. The molecule has 0 aromatic heterocycles. The normalized spacial score (nSPS) is 11.1. The highest BCUT2D eigenvalue weighted by Gasteiger charge is 2.24. The molecule has 0 spiro atoms. The van der Waals surface area contributed by atoms with Crippen molar-refractivity contribution in [2.45, 2.75) is 18.4 Å². The number of aryl methyl sites for hydroxylation is 1. The average molecular weight is 429 g/mol. The predicted octanol–water partition coefficient (Wildman–Crippen LogP) is 4.40. The zero-order valence-corrected chi connectivity index (χ0v) is 17.7. The van der Waals surface area contributed by atoms with Gasteiger partial charge in [-0.3, -0.25) is 9.10 Å². The van der Waals surface area contributed by atoms with Gasteiger partial charge in [-0.05, 0) is 48.9 Å². The third-order valence-corrected chi connectivity index (χ3v) is 6.57. The van der Waals surface area contributed by atoms with E-state index in [4.69, 9.17) is 11.6 Å². The fourth-order valence-corrected chi connectivity index (χ4v) is 4.16. The number of amides is 1. The van der Waals surface area contributed by atoms with Crippen LogP contribution in [0.5, 0.6) is 0 Å². The lowest BCUT2D eigenvalue weighted by Gasteiger charge is -2.22. The highest BCUT2D eigenvalue weighted by Crippen LogP contribution is 2.26. The molecule has 0 fully saturated rings. The van der Waals surface area contributed by atoms with Crippen molar-refractivity contribution in [1.29, 1.82) is 0 Å². The Bertz CT molecular complexity index is 1110. The molecule has 0 aliphatic rings. The van der Waals surface area contributed by atoms with E-state index in [-0.39, 0.29) is 16.4 Å². The van der Waals surface area contributed by atoms with E-state index >= 15 is 0 Å². The Labute approximate surface area is 176 Å². The summed E-state index contributed by atoms with van der Waals surface area (Å²) in [6.07, 6.45) is 0. The molecule has 0 saturated heterocycles. The minimum absolute atomic E-state index is 0.168. The summed E-state index contributed by atoms with van der Waals surface area (Å²) in [5.41, 5.74) is 2.44. The monoisotopic (exact) mass is 428 g/mol. The van der Waals surface area contributed by atoms with Crippen LogP contribution in [0.15, 0.2) is 77.7 Å². The van der Waals surface area contributed by atoms with Gasteiger partial charge in [0, 0.05) is 18.6 Å². The van der Waals surface area contributed by atoms with E-state index < -0.39 is 10.0 Å². The molecule has 150 valence electrons. The van der Waals surface area contributed by atoms with Gasteiger partial charge in [0.05, 0.1) is 16.1 Å². The molecular formula is C22H21ClN2O3S. The molecule has 0 bridgehead atoms. The number of carbonyl (C=O) groups excluding carboxylic acids is 1. The van der Waals surface area contributed by atoms with Crippen molar-refractivity contribution in [1.82, 2.24) is 5.32 Å². The minimum Gasteiger partial charge on any atom is -0.348 e. The smallest absolute Gasteiger partial charge is 0.264 e. The predicted molar refractivity (Wildman–Crippen MR) is 116 cm³/mol. The molecular weight excluding hydrogens is 408 g/mol. The SMILES string of the molecule is Cc1ccc(S(=O)(=O)N(C)c2ccccc2C(=O)NCc2ccc(Cl)cc2)cc1. The highest BCUT2D eigenvalue weighted by molar-refractivity contribution is 7.92. The molecule has 0 aliphatic carbocycles. The fraction of sp³-hybridized carbons (Fsp3) is 0.136. The minimum atomic E-state index is -3.80. The molecule has 3 rings (SSSR count). The maximum absolute atomic E-state index is 13.0. The molecule has 0 radical (unpaired) electrons. The number of hydrogen-bond acceptors (Lipinski definition) is 3. The molecule has 5 nitrogen and oxygen atoms in total. The van der Waals surface area contributed by atoms with Gasteiger partial charge in [-0.2, -0.15) is 0 Å². The molecule has 0 saturated carbocycles. The zero-order valence-electron chi connectivity index (χ0n) is 16.1. The standard InChI is InChI=1S/C22H21ClN2O3S/c1-16-7-13-19(14-8-16)29(27,28)25(2)21-6-4-3-5-20(21)22(26)24-15-17-9-11-18(23)12-10-17/h3-14H,15H2,1-2H3,(H,24,26). The summed E-state index contributed by atoms with van der Waals surface area (Å²) in [5, 5.41) is 3.44. The van der Waals surface area contributed by atoms with E-state index in [1.807, 2.05) is 19.1 Å². The van der Waals surface area contributed by atoms with Gasteiger partial charge in [0.25, 0.3) is 15.9 Å². The fourth-order valence-electron chi connectivity index (χ4n) is 2.82. The van der Waals surface area contributed by atoms with Crippen LogP contribution >= 0.6 is 11.6 Å². The lowest BCUT2D eigenvalue weighted by Crippen LogP contribution is -2.30. The van der Waals surface area contributed by atoms with Crippen molar-refractivity contribution in [3.63, 3.8) is 0 Å². The molecule has 0 aliphatic heterocycles. The lowest BCUT2D eigenvalue weighted by atomic mass is 10.1. The molecule has 1 amide bonds. The number of halogens is 1. The lowest BCUT2D eigenvalue weighted by molar-refractivity contribution is 0.0951. The molecule has 0 atom stereocenters. The third-order valence-electron chi connectivity index (χ3n) is 4.53. The Morgan fingerprint density at radius 2 is 1.59 bits per heavy atom. The molecule has 1 N–H and O–H groups in total. The second-order valence-electron chi connectivity index (χ2n) is 6.61. The van der Waals surface area contributed by atoms with Crippen molar-refractivity contribution in [2.75, 3.05) is 11.4 Å². The van der Waals surface area contributed by atoms with Crippen molar-refractivity contribution >= 4 is 33.2 Å². The van der Waals surface area contributed by atoms with E-state index in [0.717, 1.165) is 15.4 Å². The second-order valence-corrected chi connectivity index (χ2v) is 9.02. The van der Waals surface area contributed by atoms with Gasteiger partial charge in [-0.25, -0.2) is 8.42 Å². The van der Waals surface area contributed by atoms with Gasteiger partial charge < -0.3 is 5.32 Å². The number of sulfonamides is 1. The first-order chi connectivity index (χ1) is 13.8. The number of para-hydroxylation sites is 1. The van der Waals surface area contributed by atoms with E-state index in [9.17, 15) is 13.2 Å². The van der Waals surface area contributed by atoms with Crippen LogP contribution in [0, 0.1) is 6.92 Å². The van der Waals surface area contributed by atoms with E-state index in [0.29, 0.717) is 17.3 Å². The Balaban J connectivity index is 1.84. The molecule has 29 heavy (non-hydrogen) atoms. The molecule has 0 heterocycles. The zero-order chi connectivity index (χ0) is 21.0. The van der Waals surface area contributed by atoms with E-state index in [2.05, 4.69) is 5.32 Å². The van der Waals surface area contributed by atoms with E-state index in [1.165, 1.54) is 7.05 Å². The Morgan fingerprint density at radius 3 is 2.24 bits per heavy atom. The Morgan fingerprint density at radius 1 is 0.966 bits per heavy atom. The van der Waals surface area contributed by atoms with E-state index in [1.54, 1.807) is 60.7 Å². The number of anilines is 1. The maximum Gasteiger partial charge on any atom is 0.264 e. The maximum atomic E-state index is 13.0. The van der Waals surface area contributed by atoms with Crippen molar-refractivity contribution < 1.29 is 13.2 Å². The summed E-state index contributed by atoms with van der Waals surface area (Å²) in [5.74, 6) is -0.360. The van der Waals surface area contributed by atoms with Crippen LogP contribution in [0.2, 0.25) is 5.02 Å². The number of nitrogens with zero attached hydrogens (tertiary/aromatic N) is 1. The van der Waals surface area contributed by atoms with Crippen LogP contribution in [0.3, 0.4) is 0 Å². The van der Waals surface area contributed by atoms with Gasteiger partial charge in [0.1, 0.15) is 0 Å². The Hall–Kier alpha value is -2.83. The number of benzene rings is 3. The van der Waals surface area contributed by atoms with Crippen molar-refractivity contribution in [3.05, 3.63) is 94.5 Å². The summed E-state index contributed by atoms with van der Waals surface area (Å²) in [7, 11) is -2.35. The quantitative estimate of drug-likeness (QED) is 0.632. The summed E-state index contributed by atoms with van der Waals surface area (Å²) in [4.78, 5) is 12.9. The van der Waals surface area contributed by atoms with Crippen LogP contribution in [0.25, 0.3) is 0 Å². The summed E-state index contributed by atoms with van der Waals surface area (Å²) in [6.45, 7) is 2.19. The number of rotatable bonds is 6. The van der Waals surface area contributed by atoms with Crippen molar-refractivity contribution in [2.24, 2.45) is 0 Å². The molecule has 0 unspecified atom stereocenters. The molecule has 3 aromatic rings. The van der Waals surface area contributed by atoms with Gasteiger partial charge in [0.2, 0.25) is 0 Å². The van der Waals surface area contributed by atoms with Gasteiger partial charge >= 0.3 is 0 Å². The largest absolute Gasteiger partial charge is 0.348 e. The summed E-state index contributed by atoms with van der Waals surface area (Å²) < 4.78 is 27.2. The van der Waals surface area contributed by atoms with Crippen LogP contribution in [-0.4, -0.2) is 21.4 Å². The third kappa shape index (κ3) is 4.78. The van der Waals surface area contributed by atoms with Crippen molar-refractivity contribution in [3.8, 4) is 0 Å². The van der Waals surface area contributed by atoms with Crippen LogP contribution < -0.4 is 9.62 Å². The molecule has 7 heteroatoms. The first-order valence-corrected chi connectivity index (χ1v) is 10.8. The summed E-state index contributed by atoms with van der Waals surface area (Å²) in [6, 6.07) is 20.4. The van der Waals surface area contributed by atoms with Crippen LogP contribution in [0.4, 0.5) is 5.69 Å². The van der Waals surface area contributed by atoms with Crippen LogP contribution in [0.1, 0.15) is 21.5 Å².